The predicted molar refractivity (Wildman–Crippen MR) is 46.4 cm³/mol. The molecule has 2 aliphatic heterocycles. The van der Waals surface area contributed by atoms with E-state index in [4.69, 9.17) is 0 Å². The Bertz CT molecular complexity index is 255. The number of fused-ring (bicyclic) bond motifs is 2. The zero-order valence-electron chi connectivity index (χ0n) is 7.16. The van der Waals surface area contributed by atoms with Gasteiger partial charge in [0.15, 0.2) is 9.84 Å². The first kappa shape index (κ1) is 8.47. The van der Waals surface area contributed by atoms with E-state index in [1.54, 1.807) is 0 Å². The minimum absolute atomic E-state index is 0.221. The van der Waals surface area contributed by atoms with Crippen molar-refractivity contribution in [3.8, 4) is 0 Å². The molecule has 2 heterocycles. The highest BCUT2D eigenvalue weighted by Gasteiger charge is 2.42. The summed E-state index contributed by atoms with van der Waals surface area (Å²) in [6.45, 7) is 0. The summed E-state index contributed by atoms with van der Waals surface area (Å²) in [4.78, 5) is 0. The number of hydrazine groups is 1. The summed E-state index contributed by atoms with van der Waals surface area (Å²) in [7, 11) is -0.879. The zero-order chi connectivity index (χ0) is 8.77. The second-order valence-electron chi connectivity index (χ2n) is 3.59. The van der Waals surface area contributed by atoms with Gasteiger partial charge < -0.3 is 0 Å². The lowest BCUT2D eigenvalue weighted by Crippen LogP contribution is -2.54. The van der Waals surface area contributed by atoms with Crippen molar-refractivity contribution in [1.29, 1.82) is 0 Å². The van der Waals surface area contributed by atoms with Crippen LogP contribution in [-0.2, 0) is 9.84 Å². The van der Waals surface area contributed by atoms with E-state index < -0.39 is 9.84 Å². The molecule has 4 nitrogen and oxygen atoms in total. The first-order valence-corrected chi connectivity index (χ1v) is 6.11. The fourth-order valence-corrected chi connectivity index (χ4v) is 4.27. The maximum Gasteiger partial charge on any atom is 0.153 e. The molecule has 0 spiro atoms. The summed E-state index contributed by atoms with van der Waals surface area (Å²) < 4.78 is 22.6. The van der Waals surface area contributed by atoms with Gasteiger partial charge in [0.1, 0.15) is 0 Å². The molecule has 2 rings (SSSR count). The van der Waals surface area contributed by atoms with Crippen LogP contribution in [0.5, 0.6) is 0 Å². The topological polar surface area (TPSA) is 49.4 Å². The highest BCUT2D eigenvalue weighted by atomic mass is 32.2. The Hall–Kier alpha value is -0.130. The molecule has 0 amide bonds. The molecule has 2 unspecified atom stereocenters. The molecule has 2 saturated heterocycles. The summed E-state index contributed by atoms with van der Waals surface area (Å²) in [6, 6.07) is 0.442. The molecule has 2 fully saturated rings. The highest BCUT2D eigenvalue weighted by Crippen LogP contribution is 2.29. The first-order valence-electron chi connectivity index (χ1n) is 4.28. The Morgan fingerprint density at radius 3 is 2.17 bits per heavy atom. The van der Waals surface area contributed by atoms with Crippen molar-refractivity contribution in [2.45, 2.75) is 24.9 Å². The van der Waals surface area contributed by atoms with Crippen LogP contribution >= 0.6 is 0 Å². The molecule has 1 N–H and O–H groups in total. The van der Waals surface area contributed by atoms with Gasteiger partial charge in [-0.3, -0.25) is 5.43 Å². The van der Waals surface area contributed by atoms with Crippen molar-refractivity contribution < 1.29 is 8.42 Å². The van der Waals surface area contributed by atoms with Crippen molar-refractivity contribution in [1.82, 2.24) is 10.4 Å². The standard InChI is InChI=1S/C7H14N2O2S/c1-8-9-6-2-3-7(9)5-12(10,11)4-6/h6-8H,2-5H2,1H3. The van der Waals surface area contributed by atoms with Crippen molar-refractivity contribution in [2.75, 3.05) is 18.6 Å². The van der Waals surface area contributed by atoms with Gasteiger partial charge in [0.2, 0.25) is 0 Å². The Kier molecular flexibility index (Phi) is 1.89. The van der Waals surface area contributed by atoms with Gasteiger partial charge >= 0.3 is 0 Å². The van der Waals surface area contributed by atoms with Crippen LogP contribution in [0.25, 0.3) is 0 Å². The SMILES string of the molecule is CNN1C2CCC1CS(=O)(=O)C2. The normalized spacial score (nSPS) is 40.1. The van der Waals surface area contributed by atoms with E-state index in [1.807, 2.05) is 7.05 Å². The van der Waals surface area contributed by atoms with Crippen LogP contribution in [0.4, 0.5) is 0 Å². The summed E-state index contributed by atoms with van der Waals surface area (Å²) in [6.07, 6.45) is 2.04. The molecule has 0 aromatic heterocycles. The molecule has 0 aromatic carbocycles. The van der Waals surface area contributed by atoms with Crippen LogP contribution in [0.15, 0.2) is 0 Å². The van der Waals surface area contributed by atoms with Crippen LogP contribution in [0.3, 0.4) is 0 Å². The van der Waals surface area contributed by atoms with Gasteiger partial charge in [-0.1, -0.05) is 0 Å². The lowest BCUT2D eigenvalue weighted by molar-refractivity contribution is 0.147. The van der Waals surface area contributed by atoms with E-state index in [-0.39, 0.29) is 12.1 Å². The van der Waals surface area contributed by atoms with Gasteiger partial charge in [-0.2, -0.15) is 0 Å². The van der Waals surface area contributed by atoms with E-state index >= 15 is 0 Å². The monoisotopic (exact) mass is 190 g/mol. The molecule has 70 valence electrons. The average Bonchev–Trinajstić information content (AvgIpc) is 2.23. The molecular weight excluding hydrogens is 176 g/mol. The first-order chi connectivity index (χ1) is 5.62. The minimum Gasteiger partial charge on any atom is -0.258 e. The summed E-state index contributed by atoms with van der Waals surface area (Å²) in [5, 5.41) is 2.10. The predicted octanol–water partition coefficient (Wildman–Crippen LogP) is -0.618. The maximum atomic E-state index is 11.3. The van der Waals surface area contributed by atoms with E-state index in [0.717, 1.165) is 12.8 Å². The Balaban J connectivity index is 2.22. The van der Waals surface area contributed by atoms with Gasteiger partial charge in [0.05, 0.1) is 11.5 Å². The van der Waals surface area contributed by atoms with Crippen LogP contribution in [0, 0.1) is 0 Å². The van der Waals surface area contributed by atoms with Gasteiger partial charge in [-0.25, -0.2) is 13.4 Å². The van der Waals surface area contributed by atoms with Crippen molar-refractivity contribution >= 4 is 9.84 Å². The average molecular weight is 190 g/mol. The van der Waals surface area contributed by atoms with E-state index in [0.29, 0.717) is 11.5 Å². The van der Waals surface area contributed by atoms with Crippen molar-refractivity contribution in [3.63, 3.8) is 0 Å². The molecule has 0 saturated carbocycles. The Labute approximate surface area is 72.8 Å². The van der Waals surface area contributed by atoms with Crippen LogP contribution < -0.4 is 5.43 Å². The number of nitrogens with one attached hydrogen (secondary N) is 1. The summed E-state index contributed by atoms with van der Waals surface area (Å²) >= 11 is 0. The van der Waals surface area contributed by atoms with Gasteiger partial charge in [-0.15, -0.1) is 0 Å². The van der Waals surface area contributed by atoms with E-state index in [2.05, 4.69) is 10.4 Å². The highest BCUT2D eigenvalue weighted by molar-refractivity contribution is 7.91. The summed E-state index contributed by atoms with van der Waals surface area (Å²) in [5.41, 5.74) is 3.07. The molecule has 2 atom stereocenters. The van der Waals surface area contributed by atoms with Crippen molar-refractivity contribution in [3.05, 3.63) is 0 Å². The van der Waals surface area contributed by atoms with Crippen LogP contribution in [-0.4, -0.2) is 44.1 Å². The second kappa shape index (κ2) is 2.68. The molecule has 0 aromatic rings. The Morgan fingerprint density at radius 2 is 1.75 bits per heavy atom. The zero-order valence-corrected chi connectivity index (χ0v) is 7.97. The maximum absolute atomic E-state index is 11.3. The fraction of sp³-hybridized carbons (Fsp3) is 1.00. The van der Waals surface area contributed by atoms with Crippen LogP contribution in [0.2, 0.25) is 0 Å². The van der Waals surface area contributed by atoms with Gasteiger partial charge in [0.25, 0.3) is 0 Å². The lowest BCUT2D eigenvalue weighted by Gasteiger charge is -2.33. The lowest BCUT2D eigenvalue weighted by atomic mass is 10.2. The fourth-order valence-electron chi connectivity index (χ4n) is 2.31. The summed E-state index contributed by atoms with van der Waals surface area (Å²) in [5.74, 6) is 0.675. The third-order valence-electron chi connectivity index (χ3n) is 2.77. The number of hydrogen-bond donors (Lipinski definition) is 1. The van der Waals surface area contributed by atoms with E-state index in [9.17, 15) is 8.42 Å². The number of nitrogens with zero attached hydrogens (tertiary/aromatic N) is 1. The molecular formula is C7H14N2O2S. The molecule has 0 aliphatic carbocycles. The molecule has 2 bridgehead atoms. The smallest absolute Gasteiger partial charge is 0.153 e. The minimum atomic E-state index is -2.74. The van der Waals surface area contributed by atoms with Crippen LogP contribution in [0.1, 0.15) is 12.8 Å². The molecule has 5 heteroatoms. The largest absolute Gasteiger partial charge is 0.258 e. The quantitative estimate of drug-likeness (QED) is 0.599. The molecule has 2 aliphatic rings. The number of hydrogen-bond acceptors (Lipinski definition) is 4. The Morgan fingerprint density at radius 1 is 1.25 bits per heavy atom. The number of rotatable bonds is 1. The van der Waals surface area contributed by atoms with Gasteiger partial charge in [0, 0.05) is 12.1 Å². The molecule has 0 radical (unpaired) electrons. The third kappa shape index (κ3) is 1.26. The van der Waals surface area contributed by atoms with E-state index in [1.165, 1.54) is 0 Å². The van der Waals surface area contributed by atoms with Gasteiger partial charge in [-0.05, 0) is 19.9 Å². The molecule has 12 heavy (non-hydrogen) atoms. The third-order valence-corrected chi connectivity index (χ3v) is 4.56. The van der Waals surface area contributed by atoms with Crippen molar-refractivity contribution in [2.24, 2.45) is 0 Å². The second-order valence-corrected chi connectivity index (χ2v) is 5.75. The number of sulfone groups is 1.